The normalized spacial score (nSPS) is 9.42. The molecule has 0 atom stereocenters. The first-order valence-electron chi connectivity index (χ1n) is 3.45. The van der Waals surface area contributed by atoms with Gasteiger partial charge in [-0.1, -0.05) is 0 Å². The van der Waals surface area contributed by atoms with Crippen LogP contribution in [-0.4, -0.2) is 28.5 Å². The summed E-state index contributed by atoms with van der Waals surface area (Å²) >= 11 is 0. The fraction of sp³-hybridized carbons (Fsp3) is 0.429. The molecule has 0 spiro atoms. The van der Waals surface area contributed by atoms with Crippen LogP contribution in [0.15, 0.2) is 0 Å². The summed E-state index contributed by atoms with van der Waals surface area (Å²) in [6, 6.07) is 0. The van der Waals surface area contributed by atoms with Crippen LogP contribution in [-0.2, 0) is 0 Å². The molecule has 0 saturated heterocycles. The largest absolute Gasteiger partial charge is 0.483 e. The molecule has 0 aliphatic rings. The molecule has 0 unspecified atom stereocenters. The van der Waals surface area contributed by atoms with Crippen LogP contribution < -0.4 is 4.74 Å². The number of nitrogens with zero attached hydrogens (tertiary/aromatic N) is 2. The second-order valence-corrected chi connectivity index (χ2v) is 2.19. The molecule has 0 aliphatic carbocycles. The SMILES string of the molecule is [C-]#[N+]c1c(OCCO)n[nH]c1C. The number of aliphatic hydroxyl groups excluding tert-OH is 1. The maximum Gasteiger partial charge on any atom is 0.268 e. The van der Waals surface area contributed by atoms with E-state index in [9.17, 15) is 0 Å². The number of rotatable bonds is 3. The molecular formula is C7H9N3O2. The summed E-state index contributed by atoms with van der Waals surface area (Å²) in [5.74, 6) is 0.261. The van der Waals surface area contributed by atoms with Gasteiger partial charge < -0.3 is 9.84 Å². The van der Waals surface area contributed by atoms with Gasteiger partial charge in [0.2, 0.25) is 5.88 Å². The Hall–Kier alpha value is -1.54. The number of aromatic nitrogens is 2. The molecule has 0 fully saturated rings. The van der Waals surface area contributed by atoms with Crippen LogP contribution in [0.3, 0.4) is 0 Å². The summed E-state index contributed by atoms with van der Waals surface area (Å²) in [4.78, 5) is 3.23. The second kappa shape index (κ2) is 3.74. The quantitative estimate of drug-likeness (QED) is 0.649. The van der Waals surface area contributed by atoms with Crippen molar-refractivity contribution in [2.75, 3.05) is 13.2 Å². The number of hydrogen-bond donors (Lipinski definition) is 2. The van der Waals surface area contributed by atoms with Crippen molar-refractivity contribution >= 4 is 5.69 Å². The van der Waals surface area contributed by atoms with Gasteiger partial charge in [0, 0.05) is 5.69 Å². The van der Waals surface area contributed by atoms with E-state index in [0.29, 0.717) is 11.4 Å². The van der Waals surface area contributed by atoms with Crippen LogP contribution in [0, 0.1) is 13.5 Å². The van der Waals surface area contributed by atoms with E-state index in [4.69, 9.17) is 16.4 Å². The molecule has 1 rings (SSSR count). The molecule has 0 aliphatic heterocycles. The molecule has 0 radical (unpaired) electrons. The van der Waals surface area contributed by atoms with E-state index in [-0.39, 0.29) is 19.1 Å². The van der Waals surface area contributed by atoms with Gasteiger partial charge in [0.1, 0.15) is 6.61 Å². The van der Waals surface area contributed by atoms with Gasteiger partial charge >= 0.3 is 0 Å². The monoisotopic (exact) mass is 167 g/mol. The summed E-state index contributed by atoms with van der Waals surface area (Å²) in [7, 11) is 0. The third-order valence-corrected chi connectivity index (χ3v) is 1.32. The van der Waals surface area contributed by atoms with E-state index < -0.39 is 0 Å². The molecule has 12 heavy (non-hydrogen) atoms. The first-order chi connectivity index (χ1) is 5.79. The molecule has 5 heteroatoms. The highest BCUT2D eigenvalue weighted by Gasteiger charge is 2.10. The predicted molar refractivity (Wildman–Crippen MR) is 42.2 cm³/mol. The summed E-state index contributed by atoms with van der Waals surface area (Å²) < 4.78 is 4.99. The van der Waals surface area contributed by atoms with E-state index in [2.05, 4.69) is 15.0 Å². The van der Waals surface area contributed by atoms with Gasteiger partial charge in [-0.05, 0) is 6.92 Å². The number of aliphatic hydroxyl groups is 1. The van der Waals surface area contributed by atoms with E-state index in [1.165, 1.54) is 0 Å². The molecule has 0 saturated carbocycles. The van der Waals surface area contributed by atoms with Crippen molar-refractivity contribution in [1.82, 2.24) is 10.2 Å². The van der Waals surface area contributed by atoms with Crippen LogP contribution in [0.25, 0.3) is 4.85 Å². The maximum absolute atomic E-state index is 8.46. The molecular weight excluding hydrogens is 158 g/mol. The van der Waals surface area contributed by atoms with E-state index in [1.807, 2.05) is 0 Å². The number of aromatic amines is 1. The Morgan fingerprint density at radius 3 is 3.08 bits per heavy atom. The number of H-pyrrole nitrogens is 1. The zero-order valence-electron chi connectivity index (χ0n) is 6.66. The molecule has 0 bridgehead atoms. The molecule has 1 aromatic rings. The molecule has 0 amide bonds. The lowest BCUT2D eigenvalue weighted by Gasteiger charge is -1.98. The highest BCUT2D eigenvalue weighted by molar-refractivity contribution is 5.57. The third-order valence-electron chi connectivity index (χ3n) is 1.32. The highest BCUT2D eigenvalue weighted by atomic mass is 16.5. The molecule has 0 aromatic carbocycles. The fourth-order valence-corrected chi connectivity index (χ4v) is 0.776. The molecule has 5 nitrogen and oxygen atoms in total. The Bertz CT molecular complexity index is 300. The Balaban J connectivity index is 2.79. The first kappa shape index (κ1) is 8.56. The molecule has 64 valence electrons. The van der Waals surface area contributed by atoms with Crippen LogP contribution >= 0.6 is 0 Å². The number of hydrogen-bond acceptors (Lipinski definition) is 3. The lowest BCUT2D eigenvalue weighted by molar-refractivity contribution is 0.197. The van der Waals surface area contributed by atoms with Gasteiger partial charge in [-0.2, -0.15) is 5.10 Å². The Morgan fingerprint density at radius 2 is 2.50 bits per heavy atom. The summed E-state index contributed by atoms with van der Waals surface area (Å²) in [5.41, 5.74) is 1.06. The van der Waals surface area contributed by atoms with Crippen molar-refractivity contribution in [3.05, 3.63) is 17.1 Å². The van der Waals surface area contributed by atoms with Crippen molar-refractivity contribution in [2.24, 2.45) is 0 Å². The predicted octanol–water partition coefficient (Wildman–Crippen LogP) is 0.640. The Labute approximate surface area is 69.8 Å². The number of nitrogens with one attached hydrogen (secondary N) is 1. The van der Waals surface area contributed by atoms with Crippen LogP contribution in [0.4, 0.5) is 5.69 Å². The van der Waals surface area contributed by atoms with Gasteiger partial charge in [0.25, 0.3) is 5.69 Å². The first-order valence-corrected chi connectivity index (χ1v) is 3.45. The minimum absolute atomic E-state index is 0.0800. The van der Waals surface area contributed by atoms with Gasteiger partial charge in [0.15, 0.2) is 0 Å². The van der Waals surface area contributed by atoms with E-state index >= 15 is 0 Å². The van der Waals surface area contributed by atoms with E-state index in [0.717, 1.165) is 0 Å². The van der Waals surface area contributed by atoms with Crippen molar-refractivity contribution < 1.29 is 9.84 Å². The third kappa shape index (κ3) is 1.54. The lowest BCUT2D eigenvalue weighted by Crippen LogP contribution is -2.01. The summed E-state index contributed by atoms with van der Waals surface area (Å²) in [6.45, 7) is 8.62. The van der Waals surface area contributed by atoms with Crippen molar-refractivity contribution in [1.29, 1.82) is 0 Å². The van der Waals surface area contributed by atoms with Crippen molar-refractivity contribution in [3.8, 4) is 5.88 Å². The maximum atomic E-state index is 8.46. The van der Waals surface area contributed by atoms with Gasteiger partial charge in [-0.25, -0.2) is 4.85 Å². The molecule has 2 N–H and O–H groups in total. The summed E-state index contributed by atoms with van der Waals surface area (Å²) in [6.07, 6.45) is 0. The number of aryl methyl sites for hydroxylation is 1. The van der Waals surface area contributed by atoms with Crippen LogP contribution in [0.5, 0.6) is 5.88 Å². The minimum atomic E-state index is -0.0800. The molecule has 1 aromatic heterocycles. The van der Waals surface area contributed by atoms with Gasteiger partial charge in [-0.15, -0.1) is 0 Å². The lowest BCUT2D eigenvalue weighted by atomic mass is 10.4. The van der Waals surface area contributed by atoms with E-state index in [1.54, 1.807) is 6.92 Å². The Morgan fingerprint density at radius 1 is 1.75 bits per heavy atom. The standard InChI is InChI=1S/C7H9N3O2/c1-5-6(8-2)7(10-9-5)12-4-3-11/h11H,3-4H2,1H3,(H,9,10). The minimum Gasteiger partial charge on any atom is -0.483 e. The van der Waals surface area contributed by atoms with Gasteiger partial charge in [0.05, 0.1) is 13.2 Å². The van der Waals surface area contributed by atoms with Crippen molar-refractivity contribution in [2.45, 2.75) is 6.92 Å². The second-order valence-electron chi connectivity index (χ2n) is 2.19. The smallest absolute Gasteiger partial charge is 0.268 e. The highest BCUT2D eigenvalue weighted by Crippen LogP contribution is 2.27. The number of ether oxygens (including phenoxy) is 1. The topological polar surface area (TPSA) is 62.5 Å². The zero-order chi connectivity index (χ0) is 8.97. The average molecular weight is 167 g/mol. The summed E-state index contributed by atoms with van der Waals surface area (Å²) in [5, 5.41) is 14.8. The average Bonchev–Trinajstić information content (AvgIpc) is 2.43. The fourth-order valence-electron chi connectivity index (χ4n) is 0.776. The van der Waals surface area contributed by atoms with Crippen LogP contribution in [0.2, 0.25) is 0 Å². The molecule has 1 heterocycles. The van der Waals surface area contributed by atoms with Crippen LogP contribution in [0.1, 0.15) is 5.69 Å². The van der Waals surface area contributed by atoms with Gasteiger partial charge in [-0.3, -0.25) is 5.10 Å². The Kier molecular flexibility index (Phi) is 2.66. The van der Waals surface area contributed by atoms with Crippen molar-refractivity contribution in [3.63, 3.8) is 0 Å². The zero-order valence-corrected chi connectivity index (χ0v) is 6.66.